The molecular weight excluding hydrogens is 234 g/mol. The van der Waals surface area contributed by atoms with Gasteiger partial charge in [-0.15, -0.1) is 0 Å². The predicted molar refractivity (Wildman–Crippen MR) is 59.3 cm³/mol. The van der Waals surface area contributed by atoms with Crippen LogP contribution in [0.15, 0.2) is 0 Å². The number of carbonyl (C=O) groups excluding carboxylic acids is 1. The standard InChI is InChI=1S/C9H19NO5S/c1-7(11)5-6-10(3)16(13,14)8(2)9(12)15-4/h7-8,11H,5-6H2,1-4H3. The lowest BCUT2D eigenvalue weighted by atomic mass is 10.3. The number of hydrogen-bond acceptors (Lipinski definition) is 5. The summed E-state index contributed by atoms with van der Waals surface area (Å²) in [6.07, 6.45) is -0.255. The summed E-state index contributed by atoms with van der Waals surface area (Å²) in [5.74, 6) is -0.788. The van der Waals surface area contributed by atoms with Gasteiger partial charge in [-0.3, -0.25) is 4.79 Å². The fourth-order valence-corrected chi connectivity index (χ4v) is 2.29. The summed E-state index contributed by atoms with van der Waals surface area (Å²) < 4.78 is 29.0. The largest absolute Gasteiger partial charge is 0.468 e. The van der Waals surface area contributed by atoms with Crippen molar-refractivity contribution in [1.29, 1.82) is 0 Å². The molecule has 7 heteroatoms. The van der Waals surface area contributed by atoms with Gasteiger partial charge in [0.15, 0.2) is 5.25 Å². The summed E-state index contributed by atoms with van der Waals surface area (Å²) in [5.41, 5.74) is 0. The second-order valence-electron chi connectivity index (χ2n) is 3.67. The predicted octanol–water partition coefficient (Wildman–Crippen LogP) is -0.420. The Balaban J connectivity index is 4.59. The molecule has 0 amide bonds. The normalized spacial score (nSPS) is 15.9. The van der Waals surface area contributed by atoms with Crippen molar-refractivity contribution < 1.29 is 23.1 Å². The molecule has 0 rings (SSSR count). The smallest absolute Gasteiger partial charge is 0.325 e. The molecule has 0 aliphatic heterocycles. The van der Waals surface area contributed by atoms with Crippen LogP contribution >= 0.6 is 0 Å². The van der Waals surface area contributed by atoms with Crippen molar-refractivity contribution in [3.8, 4) is 0 Å². The lowest BCUT2D eigenvalue weighted by Gasteiger charge is -2.20. The monoisotopic (exact) mass is 253 g/mol. The van der Waals surface area contributed by atoms with Crippen LogP contribution in [0.2, 0.25) is 0 Å². The Morgan fingerprint density at radius 3 is 2.31 bits per heavy atom. The third-order valence-corrected chi connectivity index (χ3v) is 4.41. The Morgan fingerprint density at radius 1 is 1.44 bits per heavy atom. The van der Waals surface area contributed by atoms with E-state index in [1.54, 1.807) is 6.92 Å². The van der Waals surface area contributed by atoms with E-state index in [0.29, 0.717) is 6.42 Å². The van der Waals surface area contributed by atoms with E-state index in [4.69, 9.17) is 5.11 Å². The highest BCUT2D eigenvalue weighted by Crippen LogP contribution is 2.09. The molecule has 16 heavy (non-hydrogen) atoms. The Bertz CT molecular complexity index is 325. The molecule has 96 valence electrons. The van der Waals surface area contributed by atoms with Gasteiger partial charge >= 0.3 is 5.97 Å². The maximum absolute atomic E-state index is 11.8. The van der Waals surface area contributed by atoms with Gasteiger partial charge in [0.2, 0.25) is 10.0 Å². The van der Waals surface area contributed by atoms with Crippen molar-refractivity contribution in [2.24, 2.45) is 0 Å². The summed E-state index contributed by atoms with van der Waals surface area (Å²) in [7, 11) is -1.18. The third-order valence-electron chi connectivity index (χ3n) is 2.28. The van der Waals surface area contributed by atoms with Gasteiger partial charge in [-0.2, -0.15) is 0 Å². The van der Waals surface area contributed by atoms with Crippen molar-refractivity contribution >= 4 is 16.0 Å². The summed E-state index contributed by atoms with van der Waals surface area (Å²) >= 11 is 0. The average Bonchev–Trinajstić information content (AvgIpc) is 2.23. The molecule has 0 spiro atoms. The number of esters is 1. The van der Waals surface area contributed by atoms with Crippen molar-refractivity contribution in [3.63, 3.8) is 0 Å². The Kier molecular flexibility index (Phi) is 5.91. The highest BCUT2D eigenvalue weighted by atomic mass is 32.2. The van der Waals surface area contributed by atoms with Gasteiger partial charge in [0.1, 0.15) is 0 Å². The van der Waals surface area contributed by atoms with Crippen molar-refractivity contribution in [2.75, 3.05) is 20.7 Å². The first-order valence-electron chi connectivity index (χ1n) is 4.94. The molecule has 0 aromatic rings. The lowest BCUT2D eigenvalue weighted by Crippen LogP contribution is -2.40. The zero-order chi connectivity index (χ0) is 12.9. The Hall–Kier alpha value is -0.660. The van der Waals surface area contributed by atoms with Gasteiger partial charge in [-0.05, 0) is 20.3 Å². The number of sulfonamides is 1. The van der Waals surface area contributed by atoms with Crippen molar-refractivity contribution in [1.82, 2.24) is 4.31 Å². The maximum atomic E-state index is 11.8. The number of aliphatic hydroxyl groups is 1. The minimum absolute atomic E-state index is 0.168. The van der Waals surface area contributed by atoms with Gasteiger partial charge in [0.05, 0.1) is 13.2 Å². The van der Waals surface area contributed by atoms with E-state index in [1.807, 2.05) is 0 Å². The molecule has 0 saturated carbocycles. The fourth-order valence-electron chi connectivity index (χ4n) is 1.05. The van der Waals surface area contributed by atoms with Gasteiger partial charge in [0, 0.05) is 13.6 Å². The van der Waals surface area contributed by atoms with Crippen molar-refractivity contribution in [3.05, 3.63) is 0 Å². The van der Waals surface area contributed by atoms with Crippen LogP contribution in [0, 0.1) is 0 Å². The highest BCUT2D eigenvalue weighted by molar-refractivity contribution is 7.90. The Morgan fingerprint density at radius 2 is 1.94 bits per heavy atom. The van der Waals surface area contributed by atoms with Crippen LogP contribution in [0.1, 0.15) is 20.3 Å². The first-order chi connectivity index (χ1) is 7.23. The summed E-state index contributed by atoms with van der Waals surface area (Å²) in [4.78, 5) is 11.1. The average molecular weight is 253 g/mol. The SMILES string of the molecule is COC(=O)C(C)S(=O)(=O)N(C)CCC(C)O. The van der Waals surface area contributed by atoms with Crippen LogP contribution in [0.5, 0.6) is 0 Å². The highest BCUT2D eigenvalue weighted by Gasteiger charge is 2.32. The molecule has 0 aliphatic carbocycles. The zero-order valence-corrected chi connectivity index (χ0v) is 10.8. The summed E-state index contributed by atoms with van der Waals surface area (Å²) in [6, 6.07) is 0. The molecule has 0 heterocycles. The van der Waals surface area contributed by atoms with E-state index in [1.165, 1.54) is 14.0 Å². The fraction of sp³-hybridized carbons (Fsp3) is 0.889. The van der Waals surface area contributed by atoms with Crippen LogP contribution in [0.25, 0.3) is 0 Å². The van der Waals surface area contributed by atoms with Gasteiger partial charge in [-0.25, -0.2) is 12.7 Å². The zero-order valence-electron chi connectivity index (χ0n) is 10.0. The number of hydrogen-bond donors (Lipinski definition) is 1. The molecule has 0 aromatic heterocycles. The Labute approximate surface area is 96.2 Å². The van der Waals surface area contributed by atoms with Crippen LogP contribution in [0.4, 0.5) is 0 Å². The maximum Gasteiger partial charge on any atom is 0.325 e. The van der Waals surface area contributed by atoms with E-state index in [0.717, 1.165) is 11.4 Å². The third kappa shape index (κ3) is 4.07. The number of methoxy groups -OCH3 is 1. The molecule has 2 atom stereocenters. The number of aliphatic hydroxyl groups excluding tert-OH is 1. The first-order valence-corrected chi connectivity index (χ1v) is 6.44. The van der Waals surface area contributed by atoms with Crippen LogP contribution in [-0.4, -0.2) is 55.9 Å². The van der Waals surface area contributed by atoms with Gasteiger partial charge in [-0.1, -0.05) is 0 Å². The molecule has 0 aliphatic rings. The molecule has 0 fully saturated rings. The molecule has 0 aromatic carbocycles. The van der Waals surface area contributed by atoms with Gasteiger partial charge in [0.25, 0.3) is 0 Å². The molecule has 0 bridgehead atoms. The van der Waals surface area contributed by atoms with E-state index in [9.17, 15) is 13.2 Å². The molecule has 0 radical (unpaired) electrons. The molecule has 2 unspecified atom stereocenters. The number of ether oxygens (including phenoxy) is 1. The minimum atomic E-state index is -3.70. The number of rotatable bonds is 6. The molecule has 6 nitrogen and oxygen atoms in total. The summed E-state index contributed by atoms with van der Waals surface area (Å²) in [5, 5.41) is 7.82. The van der Waals surface area contributed by atoms with E-state index < -0.39 is 27.3 Å². The van der Waals surface area contributed by atoms with Crippen LogP contribution in [0.3, 0.4) is 0 Å². The lowest BCUT2D eigenvalue weighted by molar-refractivity contribution is -0.139. The van der Waals surface area contributed by atoms with E-state index >= 15 is 0 Å². The molecule has 1 N–H and O–H groups in total. The quantitative estimate of drug-likeness (QED) is 0.650. The van der Waals surface area contributed by atoms with E-state index in [-0.39, 0.29) is 6.54 Å². The molecular formula is C9H19NO5S. The molecule has 0 saturated heterocycles. The van der Waals surface area contributed by atoms with Crippen LogP contribution < -0.4 is 0 Å². The van der Waals surface area contributed by atoms with Crippen LogP contribution in [-0.2, 0) is 19.6 Å². The topological polar surface area (TPSA) is 83.9 Å². The van der Waals surface area contributed by atoms with Gasteiger partial charge < -0.3 is 9.84 Å². The first kappa shape index (κ1) is 15.3. The van der Waals surface area contributed by atoms with Crippen molar-refractivity contribution in [2.45, 2.75) is 31.6 Å². The second kappa shape index (κ2) is 6.17. The number of nitrogens with zero attached hydrogens (tertiary/aromatic N) is 1. The van der Waals surface area contributed by atoms with E-state index in [2.05, 4.69) is 4.74 Å². The number of carbonyl (C=O) groups is 1. The second-order valence-corrected chi connectivity index (χ2v) is 6.03. The minimum Gasteiger partial charge on any atom is -0.468 e. The summed E-state index contributed by atoms with van der Waals surface area (Å²) in [6.45, 7) is 3.02.